The van der Waals surface area contributed by atoms with Crippen molar-refractivity contribution < 1.29 is 13.6 Å². The third kappa shape index (κ3) is 4.47. The first kappa shape index (κ1) is 15.3. The number of carbonyl (C=O) groups excluding carboxylic acids is 1. The standard InChI is InChI=1S/C15H19F2NO/c1-3-5-11-18(4-2)15(19)10-9-12-13(16)7-6-8-14(12)17/h6-10H,3-5,11H2,1-2H3/b10-9+. The minimum Gasteiger partial charge on any atom is -0.339 e. The lowest BCUT2D eigenvalue weighted by molar-refractivity contribution is -0.125. The van der Waals surface area contributed by atoms with Crippen LogP contribution in [0.15, 0.2) is 24.3 Å². The Balaban J connectivity index is 2.77. The van der Waals surface area contributed by atoms with Crippen molar-refractivity contribution in [1.29, 1.82) is 0 Å². The fraction of sp³-hybridized carbons (Fsp3) is 0.400. The lowest BCUT2D eigenvalue weighted by atomic mass is 10.2. The predicted octanol–water partition coefficient (Wildman–Crippen LogP) is 3.63. The molecule has 0 bridgehead atoms. The van der Waals surface area contributed by atoms with Crippen molar-refractivity contribution in [3.63, 3.8) is 0 Å². The zero-order chi connectivity index (χ0) is 14.3. The summed E-state index contributed by atoms with van der Waals surface area (Å²) in [4.78, 5) is 13.5. The molecular formula is C15H19F2NO. The monoisotopic (exact) mass is 267 g/mol. The molecule has 0 aliphatic heterocycles. The first-order valence-corrected chi connectivity index (χ1v) is 6.51. The normalized spacial score (nSPS) is 10.9. The highest BCUT2D eigenvalue weighted by Gasteiger charge is 2.09. The molecule has 0 spiro atoms. The van der Waals surface area contributed by atoms with Gasteiger partial charge >= 0.3 is 0 Å². The average molecular weight is 267 g/mol. The number of halogens is 2. The summed E-state index contributed by atoms with van der Waals surface area (Å²) in [6.45, 7) is 5.17. The Morgan fingerprint density at radius 3 is 2.42 bits per heavy atom. The number of carbonyl (C=O) groups is 1. The molecule has 0 fully saturated rings. The van der Waals surface area contributed by atoms with Crippen molar-refractivity contribution >= 4 is 12.0 Å². The molecule has 0 unspecified atom stereocenters. The number of amides is 1. The van der Waals surface area contributed by atoms with Gasteiger partial charge in [-0.3, -0.25) is 4.79 Å². The van der Waals surface area contributed by atoms with E-state index in [-0.39, 0.29) is 11.5 Å². The van der Waals surface area contributed by atoms with Crippen LogP contribution in [0.3, 0.4) is 0 Å². The highest BCUT2D eigenvalue weighted by Crippen LogP contribution is 2.13. The predicted molar refractivity (Wildman–Crippen MR) is 72.6 cm³/mol. The molecule has 4 heteroatoms. The highest BCUT2D eigenvalue weighted by atomic mass is 19.1. The van der Waals surface area contributed by atoms with Gasteiger partial charge in [-0.05, 0) is 31.6 Å². The van der Waals surface area contributed by atoms with E-state index in [0.717, 1.165) is 12.8 Å². The van der Waals surface area contributed by atoms with Crippen LogP contribution in [-0.4, -0.2) is 23.9 Å². The van der Waals surface area contributed by atoms with Gasteiger partial charge in [0.15, 0.2) is 0 Å². The van der Waals surface area contributed by atoms with Gasteiger partial charge in [-0.1, -0.05) is 19.4 Å². The largest absolute Gasteiger partial charge is 0.339 e. The summed E-state index contributed by atoms with van der Waals surface area (Å²) in [6, 6.07) is 3.63. The molecule has 0 saturated heterocycles. The maximum absolute atomic E-state index is 13.4. The van der Waals surface area contributed by atoms with Crippen LogP contribution in [-0.2, 0) is 4.79 Å². The molecule has 0 heterocycles. The van der Waals surface area contributed by atoms with Gasteiger partial charge in [0.1, 0.15) is 11.6 Å². The van der Waals surface area contributed by atoms with Crippen LogP contribution >= 0.6 is 0 Å². The van der Waals surface area contributed by atoms with Gasteiger partial charge in [-0.25, -0.2) is 8.78 Å². The molecule has 0 radical (unpaired) electrons. The second kappa shape index (κ2) is 7.67. The summed E-state index contributed by atoms with van der Waals surface area (Å²) in [5.74, 6) is -1.56. The average Bonchev–Trinajstić information content (AvgIpc) is 2.39. The summed E-state index contributed by atoms with van der Waals surface area (Å²) in [5, 5.41) is 0. The van der Waals surface area contributed by atoms with Gasteiger partial charge < -0.3 is 4.90 Å². The molecule has 0 aromatic heterocycles. The van der Waals surface area contributed by atoms with Crippen LogP contribution in [0.1, 0.15) is 32.3 Å². The molecule has 0 atom stereocenters. The fourth-order valence-electron chi connectivity index (χ4n) is 1.70. The van der Waals surface area contributed by atoms with E-state index in [1.807, 2.05) is 13.8 Å². The Bertz CT molecular complexity index is 437. The van der Waals surface area contributed by atoms with Gasteiger partial charge in [0.2, 0.25) is 5.91 Å². The Morgan fingerprint density at radius 1 is 1.26 bits per heavy atom. The number of nitrogens with zero attached hydrogens (tertiary/aromatic N) is 1. The van der Waals surface area contributed by atoms with Crippen LogP contribution in [0, 0.1) is 11.6 Å². The quantitative estimate of drug-likeness (QED) is 0.721. The molecule has 104 valence electrons. The third-order valence-corrected chi connectivity index (χ3v) is 2.87. The van der Waals surface area contributed by atoms with E-state index in [9.17, 15) is 13.6 Å². The van der Waals surface area contributed by atoms with Crippen LogP contribution in [0.5, 0.6) is 0 Å². The van der Waals surface area contributed by atoms with E-state index in [1.54, 1.807) is 4.90 Å². The van der Waals surface area contributed by atoms with Gasteiger partial charge in [0.25, 0.3) is 0 Å². The number of likely N-dealkylation sites (N-methyl/N-ethyl adjacent to an activating group) is 1. The summed E-state index contributed by atoms with van der Waals surface area (Å²) < 4.78 is 26.7. The third-order valence-electron chi connectivity index (χ3n) is 2.87. The molecule has 1 amide bonds. The maximum atomic E-state index is 13.4. The maximum Gasteiger partial charge on any atom is 0.246 e. The number of unbranched alkanes of at least 4 members (excludes halogenated alkanes) is 1. The molecule has 0 N–H and O–H groups in total. The Morgan fingerprint density at radius 2 is 1.89 bits per heavy atom. The van der Waals surface area contributed by atoms with Gasteiger partial charge in [-0.15, -0.1) is 0 Å². The highest BCUT2D eigenvalue weighted by molar-refractivity contribution is 5.91. The van der Waals surface area contributed by atoms with Crippen molar-refractivity contribution in [2.45, 2.75) is 26.7 Å². The molecule has 1 rings (SSSR count). The van der Waals surface area contributed by atoms with E-state index >= 15 is 0 Å². The van der Waals surface area contributed by atoms with E-state index in [0.29, 0.717) is 13.1 Å². The molecule has 2 nitrogen and oxygen atoms in total. The number of hydrogen-bond acceptors (Lipinski definition) is 1. The molecular weight excluding hydrogens is 248 g/mol. The van der Waals surface area contributed by atoms with Crippen LogP contribution in [0.4, 0.5) is 8.78 Å². The van der Waals surface area contributed by atoms with Crippen LogP contribution in [0.25, 0.3) is 6.08 Å². The smallest absolute Gasteiger partial charge is 0.246 e. The number of hydrogen-bond donors (Lipinski definition) is 0. The lowest BCUT2D eigenvalue weighted by Crippen LogP contribution is -2.30. The topological polar surface area (TPSA) is 20.3 Å². The summed E-state index contributed by atoms with van der Waals surface area (Å²) in [7, 11) is 0. The SMILES string of the molecule is CCCCN(CC)C(=O)/C=C/c1c(F)cccc1F. The summed E-state index contributed by atoms with van der Waals surface area (Å²) >= 11 is 0. The van der Waals surface area contributed by atoms with Crippen LogP contribution in [0.2, 0.25) is 0 Å². The zero-order valence-electron chi connectivity index (χ0n) is 11.3. The molecule has 19 heavy (non-hydrogen) atoms. The Kier molecular flexibility index (Phi) is 6.19. The molecule has 0 aliphatic rings. The summed E-state index contributed by atoms with van der Waals surface area (Å²) in [6.07, 6.45) is 4.33. The van der Waals surface area contributed by atoms with E-state index in [2.05, 4.69) is 0 Å². The lowest BCUT2D eigenvalue weighted by Gasteiger charge is -2.18. The first-order chi connectivity index (χ1) is 9.10. The van der Waals surface area contributed by atoms with Gasteiger partial charge in [0.05, 0.1) is 0 Å². The fourth-order valence-corrected chi connectivity index (χ4v) is 1.70. The first-order valence-electron chi connectivity index (χ1n) is 6.51. The van der Waals surface area contributed by atoms with Crippen molar-refractivity contribution in [1.82, 2.24) is 4.90 Å². The molecule has 0 aliphatic carbocycles. The van der Waals surface area contributed by atoms with Gasteiger partial charge in [-0.2, -0.15) is 0 Å². The zero-order valence-corrected chi connectivity index (χ0v) is 11.3. The van der Waals surface area contributed by atoms with E-state index in [4.69, 9.17) is 0 Å². The van der Waals surface area contributed by atoms with Crippen LogP contribution < -0.4 is 0 Å². The van der Waals surface area contributed by atoms with E-state index in [1.165, 1.54) is 30.4 Å². The molecule has 0 saturated carbocycles. The number of rotatable bonds is 6. The minimum atomic E-state index is -0.666. The Hall–Kier alpha value is -1.71. The number of benzene rings is 1. The summed E-state index contributed by atoms with van der Waals surface area (Å²) in [5.41, 5.74) is -0.178. The Labute approximate surface area is 112 Å². The van der Waals surface area contributed by atoms with Crippen molar-refractivity contribution in [2.24, 2.45) is 0 Å². The molecule has 1 aromatic rings. The van der Waals surface area contributed by atoms with E-state index < -0.39 is 11.6 Å². The van der Waals surface area contributed by atoms with Crippen molar-refractivity contribution in [3.8, 4) is 0 Å². The second-order valence-electron chi connectivity index (χ2n) is 4.24. The molecule has 1 aromatic carbocycles. The minimum absolute atomic E-state index is 0.178. The second-order valence-corrected chi connectivity index (χ2v) is 4.24. The van der Waals surface area contributed by atoms with Crippen molar-refractivity contribution in [3.05, 3.63) is 41.5 Å². The van der Waals surface area contributed by atoms with Crippen molar-refractivity contribution in [2.75, 3.05) is 13.1 Å². The van der Waals surface area contributed by atoms with Gasteiger partial charge in [0, 0.05) is 24.7 Å².